The summed E-state index contributed by atoms with van der Waals surface area (Å²) in [6.07, 6.45) is -3.27. The van der Waals surface area contributed by atoms with Gasteiger partial charge in [-0.15, -0.1) is 13.2 Å². The van der Waals surface area contributed by atoms with Gasteiger partial charge >= 0.3 is 6.36 Å². The van der Waals surface area contributed by atoms with Crippen LogP contribution in [0.1, 0.15) is 30.4 Å². The maximum Gasteiger partial charge on any atom is 0.573 e. The molecule has 3 rings (SSSR count). The van der Waals surface area contributed by atoms with Crippen LogP contribution in [0.3, 0.4) is 0 Å². The topological polar surface area (TPSA) is 87.7 Å². The van der Waals surface area contributed by atoms with Crippen LogP contribution < -0.4 is 14.8 Å². The zero-order valence-electron chi connectivity index (χ0n) is 18.8. The van der Waals surface area contributed by atoms with Crippen molar-refractivity contribution >= 4 is 15.9 Å². The number of sulfonamides is 1. The zero-order valence-corrected chi connectivity index (χ0v) is 19.6. The summed E-state index contributed by atoms with van der Waals surface area (Å²) in [5.74, 6) is -0.773. The van der Waals surface area contributed by atoms with E-state index in [1.54, 1.807) is 0 Å². The minimum absolute atomic E-state index is 0.0402. The third-order valence-corrected chi connectivity index (χ3v) is 7.10. The summed E-state index contributed by atoms with van der Waals surface area (Å²) < 4.78 is 67.3. The third kappa shape index (κ3) is 8.00. The highest BCUT2D eigenvalue weighted by Crippen LogP contribution is 2.24. The number of amides is 1. The minimum Gasteiger partial charge on any atom is -0.406 e. The molecule has 2 N–H and O–H groups in total. The molecule has 1 aliphatic heterocycles. The van der Waals surface area contributed by atoms with Crippen LogP contribution in [0, 0.1) is 6.92 Å². The van der Waals surface area contributed by atoms with Crippen molar-refractivity contribution in [2.75, 3.05) is 19.6 Å². The number of carbonyl (C=O) groups is 1. The molecular formula is C23H28F3N3O4S. The molecule has 1 aliphatic rings. The highest BCUT2D eigenvalue weighted by Gasteiger charge is 2.31. The smallest absolute Gasteiger partial charge is 0.406 e. The second kappa shape index (κ2) is 11.2. The third-order valence-electron chi connectivity index (χ3n) is 5.62. The van der Waals surface area contributed by atoms with Crippen LogP contribution in [0.25, 0.3) is 0 Å². The van der Waals surface area contributed by atoms with Gasteiger partial charge in [-0.2, -0.15) is 0 Å². The first kappa shape index (κ1) is 26.0. The van der Waals surface area contributed by atoms with Crippen molar-refractivity contribution in [2.24, 2.45) is 0 Å². The fourth-order valence-corrected chi connectivity index (χ4v) is 4.80. The Hall–Kier alpha value is -2.63. The Labute approximate surface area is 197 Å². The van der Waals surface area contributed by atoms with Gasteiger partial charge in [0.2, 0.25) is 15.9 Å². The van der Waals surface area contributed by atoms with Crippen molar-refractivity contribution in [3.8, 4) is 5.75 Å². The standard InChI is InChI=1S/C23H28F3N3O4S/c1-17-4-2-3-5-18(17)16-29-14-11-19(12-15-29)28-22(30)10-13-27-34(31,32)21-8-6-20(7-9-21)33-23(24,25)26/h2-9,19,27H,10-16H2,1H3,(H,28,30). The van der Waals surface area contributed by atoms with Crippen molar-refractivity contribution < 1.29 is 31.1 Å². The first-order valence-electron chi connectivity index (χ1n) is 10.9. The molecule has 1 heterocycles. The van der Waals surface area contributed by atoms with Crippen LogP contribution in [-0.4, -0.2) is 51.3 Å². The fraction of sp³-hybridized carbons (Fsp3) is 0.435. The molecular weight excluding hydrogens is 471 g/mol. The predicted molar refractivity (Wildman–Crippen MR) is 121 cm³/mol. The van der Waals surface area contributed by atoms with Crippen LogP contribution in [0.5, 0.6) is 5.75 Å². The second-order valence-corrected chi connectivity index (χ2v) is 9.98. The first-order chi connectivity index (χ1) is 16.0. The zero-order chi connectivity index (χ0) is 24.8. The number of nitrogens with one attached hydrogen (secondary N) is 2. The number of likely N-dealkylation sites (tertiary alicyclic amines) is 1. The van der Waals surface area contributed by atoms with Crippen LogP contribution in [0.2, 0.25) is 0 Å². The van der Waals surface area contributed by atoms with Crippen molar-refractivity contribution in [2.45, 2.75) is 50.0 Å². The van der Waals surface area contributed by atoms with Gasteiger partial charge < -0.3 is 10.1 Å². The Morgan fingerprint density at radius 1 is 1.09 bits per heavy atom. The number of hydrogen-bond donors (Lipinski definition) is 2. The summed E-state index contributed by atoms with van der Waals surface area (Å²) in [7, 11) is -3.96. The number of halogens is 3. The lowest BCUT2D eigenvalue weighted by molar-refractivity contribution is -0.274. The SMILES string of the molecule is Cc1ccccc1CN1CCC(NC(=O)CCNS(=O)(=O)c2ccc(OC(F)(F)F)cc2)CC1. The summed E-state index contributed by atoms with van der Waals surface area (Å²) in [4.78, 5) is 14.4. The molecule has 0 bridgehead atoms. The van der Waals surface area contributed by atoms with E-state index < -0.39 is 22.1 Å². The largest absolute Gasteiger partial charge is 0.573 e. The van der Waals surface area contributed by atoms with Crippen molar-refractivity contribution in [3.05, 3.63) is 59.7 Å². The van der Waals surface area contributed by atoms with Gasteiger partial charge in [0.05, 0.1) is 4.90 Å². The molecule has 34 heavy (non-hydrogen) atoms. The number of carbonyl (C=O) groups excluding carboxylic acids is 1. The van der Waals surface area contributed by atoms with Gasteiger partial charge in [-0.05, 0) is 55.2 Å². The van der Waals surface area contributed by atoms with Gasteiger partial charge in [0, 0.05) is 38.6 Å². The van der Waals surface area contributed by atoms with Gasteiger partial charge in [-0.1, -0.05) is 24.3 Å². The van der Waals surface area contributed by atoms with Crippen LogP contribution >= 0.6 is 0 Å². The summed E-state index contributed by atoms with van der Waals surface area (Å²) in [5, 5.41) is 2.95. The monoisotopic (exact) mass is 499 g/mol. The van der Waals surface area contributed by atoms with E-state index in [4.69, 9.17) is 0 Å². The normalized spacial score (nSPS) is 15.8. The molecule has 0 saturated carbocycles. The summed E-state index contributed by atoms with van der Waals surface area (Å²) in [5.41, 5.74) is 2.55. The Kier molecular flexibility index (Phi) is 8.56. The molecule has 1 saturated heterocycles. The van der Waals surface area contributed by atoms with Gasteiger partial charge in [0.1, 0.15) is 5.75 Å². The van der Waals surface area contributed by atoms with Gasteiger partial charge in [-0.25, -0.2) is 13.1 Å². The molecule has 0 unspecified atom stereocenters. The Balaban J connectivity index is 1.38. The van der Waals surface area contributed by atoms with E-state index in [-0.39, 0.29) is 29.8 Å². The van der Waals surface area contributed by atoms with E-state index in [0.29, 0.717) is 0 Å². The maximum atomic E-state index is 12.3. The molecule has 0 spiro atoms. The van der Waals surface area contributed by atoms with Gasteiger partial charge in [-0.3, -0.25) is 9.69 Å². The van der Waals surface area contributed by atoms with E-state index in [9.17, 15) is 26.4 Å². The fourth-order valence-electron chi connectivity index (χ4n) is 3.77. The average Bonchev–Trinajstić information content (AvgIpc) is 2.76. The number of rotatable bonds is 9. The Bertz CT molecular complexity index is 1070. The quantitative estimate of drug-likeness (QED) is 0.553. The predicted octanol–water partition coefficient (Wildman–Crippen LogP) is 3.34. The molecule has 2 aromatic rings. The van der Waals surface area contributed by atoms with E-state index in [1.807, 2.05) is 12.1 Å². The molecule has 0 aromatic heterocycles. The number of alkyl halides is 3. The molecule has 186 valence electrons. The van der Waals surface area contributed by atoms with Crippen LogP contribution in [-0.2, 0) is 21.4 Å². The molecule has 0 atom stereocenters. The molecule has 2 aromatic carbocycles. The average molecular weight is 500 g/mol. The number of nitrogens with zero attached hydrogens (tertiary/aromatic N) is 1. The second-order valence-electron chi connectivity index (χ2n) is 8.21. The Morgan fingerprint density at radius 3 is 2.35 bits per heavy atom. The van der Waals surface area contributed by atoms with Gasteiger partial charge in [0.25, 0.3) is 0 Å². The molecule has 7 nitrogen and oxygen atoms in total. The van der Waals surface area contributed by atoms with Crippen LogP contribution in [0.15, 0.2) is 53.4 Å². The summed E-state index contributed by atoms with van der Waals surface area (Å²) in [6.45, 7) is 4.56. The van der Waals surface area contributed by atoms with E-state index >= 15 is 0 Å². The molecule has 11 heteroatoms. The molecule has 1 fully saturated rings. The van der Waals surface area contributed by atoms with Gasteiger partial charge in [0.15, 0.2) is 0 Å². The first-order valence-corrected chi connectivity index (χ1v) is 12.4. The van der Waals surface area contributed by atoms with Crippen molar-refractivity contribution in [1.82, 2.24) is 14.9 Å². The summed E-state index contributed by atoms with van der Waals surface area (Å²) in [6, 6.07) is 12.1. The summed E-state index contributed by atoms with van der Waals surface area (Å²) >= 11 is 0. The Morgan fingerprint density at radius 2 is 1.74 bits per heavy atom. The molecule has 1 amide bonds. The number of ether oxygens (including phenoxy) is 1. The number of piperidine rings is 1. The molecule has 0 radical (unpaired) electrons. The highest BCUT2D eigenvalue weighted by atomic mass is 32.2. The number of benzene rings is 2. The van der Waals surface area contributed by atoms with Crippen molar-refractivity contribution in [3.63, 3.8) is 0 Å². The minimum atomic E-state index is -4.86. The van der Waals surface area contributed by atoms with Crippen molar-refractivity contribution in [1.29, 1.82) is 0 Å². The lowest BCUT2D eigenvalue weighted by atomic mass is 10.0. The number of hydrogen-bond acceptors (Lipinski definition) is 5. The van der Waals surface area contributed by atoms with E-state index in [0.717, 1.165) is 56.7 Å². The van der Waals surface area contributed by atoms with E-state index in [1.165, 1.54) is 11.1 Å². The van der Waals surface area contributed by atoms with E-state index in [2.05, 4.69) is 38.7 Å². The lowest BCUT2D eigenvalue weighted by Crippen LogP contribution is -2.45. The maximum absolute atomic E-state index is 12.3. The highest BCUT2D eigenvalue weighted by molar-refractivity contribution is 7.89. The van der Waals surface area contributed by atoms with Crippen LogP contribution in [0.4, 0.5) is 13.2 Å². The number of aryl methyl sites for hydroxylation is 1. The molecule has 0 aliphatic carbocycles. The lowest BCUT2D eigenvalue weighted by Gasteiger charge is -2.32.